The van der Waals surface area contributed by atoms with Crippen LogP contribution in [-0.2, 0) is 16.0 Å². The minimum absolute atomic E-state index is 0.225. The van der Waals surface area contributed by atoms with Crippen LogP contribution >= 0.6 is 0 Å². The Morgan fingerprint density at radius 3 is 2.64 bits per heavy atom. The maximum absolute atomic E-state index is 11.3. The maximum atomic E-state index is 11.3. The fraction of sp³-hybridized carbons (Fsp3) is 0.571. The molecule has 1 aliphatic rings. The third-order valence-corrected chi connectivity index (χ3v) is 3.56. The fourth-order valence-corrected chi connectivity index (χ4v) is 2.48. The number of ether oxygens (including phenoxy) is 2. The highest BCUT2D eigenvalue weighted by atomic mass is 16.6. The first-order valence-corrected chi connectivity index (χ1v) is 6.89. The number of aliphatic hydroxyl groups excluding tert-OH is 3. The van der Waals surface area contributed by atoms with Gasteiger partial charge in [-0.3, -0.25) is 4.79 Å². The largest absolute Gasteiger partial charge is 0.480 e. The van der Waals surface area contributed by atoms with Crippen LogP contribution in [0.25, 0.3) is 0 Å². The number of rotatable bonds is 5. The molecule has 1 aliphatic heterocycles. The summed E-state index contributed by atoms with van der Waals surface area (Å²) < 4.78 is 10.6. The zero-order valence-corrected chi connectivity index (χ0v) is 12.4. The first kappa shape index (κ1) is 16.6. The monoisotopic (exact) mass is 312 g/mol. The molecule has 8 nitrogen and oxygen atoms in total. The number of aliphatic hydroxyl groups is 3. The van der Waals surface area contributed by atoms with Gasteiger partial charge in [-0.05, 0) is 11.6 Å². The molecule has 0 bridgehead atoms. The molecule has 1 aromatic rings. The molecule has 1 saturated heterocycles. The molecular formula is C14H20N2O6. The van der Waals surface area contributed by atoms with Crippen LogP contribution in [-0.4, -0.2) is 64.3 Å². The van der Waals surface area contributed by atoms with E-state index in [1.165, 1.54) is 20.2 Å². The van der Waals surface area contributed by atoms with Crippen LogP contribution in [0.3, 0.4) is 0 Å². The smallest absolute Gasteiger partial charge is 0.237 e. The van der Waals surface area contributed by atoms with Gasteiger partial charge in [0.15, 0.2) is 0 Å². The van der Waals surface area contributed by atoms with Crippen molar-refractivity contribution in [3.8, 4) is 5.88 Å². The number of anilines is 1. The Morgan fingerprint density at radius 1 is 1.41 bits per heavy atom. The lowest BCUT2D eigenvalue weighted by molar-refractivity contribution is -0.114. The van der Waals surface area contributed by atoms with Gasteiger partial charge in [-0.2, -0.15) is 0 Å². The molecule has 4 atom stereocenters. The molecule has 2 heterocycles. The van der Waals surface area contributed by atoms with Gasteiger partial charge < -0.3 is 30.1 Å². The van der Waals surface area contributed by atoms with E-state index < -0.39 is 24.4 Å². The molecule has 0 unspecified atom stereocenters. The van der Waals surface area contributed by atoms with Crippen LogP contribution in [0.5, 0.6) is 5.88 Å². The van der Waals surface area contributed by atoms with Gasteiger partial charge in [-0.1, -0.05) is 0 Å². The molecule has 22 heavy (non-hydrogen) atoms. The summed E-state index contributed by atoms with van der Waals surface area (Å²) in [5.41, 5.74) is 1.05. The Labute approximate surface area is 127 Å². The summed E-state index contributed by atoms with van der Waals surface area (Å²) in [7, 11) is 1.43. The molecule has 2 rings (SSSR count). The number of carbonyl (C=O) groups is 1. The first-order chi connectivity index (χ1) is 10.5. The summed E-state index contributed by atoms with van der Waals surface area (Å²) in [6.07, 6.45) is -2.06. The lowest BCUT2D eigenvalue weighted by atomic mass is 10.0. The topological polar surface area (TPSA) is 121 Å². The second-order valence-corrected chi connectivity index (χ2v) is 5.12. The summed E-state index contributed by atoms with van der Waals surface area (Å²) in [6, 6.07) is 1.67. The number of nitrogens with one attached hydrogen (secondary N) is 1. The number of hydrogen-bond acceptors (Lipinski definition) is 7. The Morgan fingerprint density at radius 2 is 2.09 bits per heavy atom. The van der Waals surface area contributed by atoms with Crippen LogP contribution in [0.1, 0.15) is 12.5 Å². The van der Waals surface area contributed by atoms with Crippen molar-refractivity contribution in [3.05, 3.63) is 17.8 Å². The molecule has 1 amide bonds. The molecule has 0 radical (unpaired) electrons. The van der Waals surface area contributed by atoms with E-state index in [4.69, 9.17) is 14.6 Å². The lowest BCUT2D eigenvalue weighted by Gasteiger charge is -2.18. The Kier molecular flexibility index (Phi) is 5.30. The number of methoxy groups -OCH3 is 1. The van der Waals surface area contributed by atoms with Crippen LogP contribution in [0, 0.1) is 0 Å². The van der Waals surface area contributed by atoms with Gasteiger partial charge in [-0.15, -0.1) is 0 Å². The second-order valence-electron chi connectivity index (χ2n) is 5.12. The molecule has 122 valence electrons. The van der Waals surface area contributed by atoms with E-state index in [1.807, 2.05) is 0 Å². The van der Waals surface area contributed by atoms with Gasteiger partial charge in [0.05, 0.1) is 19.8 Å². The van der Waals surface area contributed by atoms with Crippen molar-refractivity contribution in [1.82, 2.24) is 4.98 Å². The summed E-state index contributed by atoms with van der Waals surface area (Å²) in [6.45, 7) is 0.982. The van der Waals surface area contributed by atoms with E-state index in [0.29, 0.717) is 11.3 Å². The van der Waals surface area contributed by atoms with Crippen molar-refractivity contribution in [3.63, 3.8) is 0 Å². The van der Waals surface area contributed by atoms with Crippen molar-refractivity contribution in [2.75, 3.05) is 19.0 Å². The highest BCUT2D eigenvalue weighted by Gasteiger charge is 2.42. The van der Waals surface area contributed by atoms with Crippen molar-refractivity contribution in [2.24, 2.45) is 0 Å². The Bertz CT molecular complexity index is 538. The predicted octanol–water partition coefficient (Wildman–Crippen LogP) is -0.927. The van der Waals surface area contributed by atoms with Gasteiger partial charge >= 0.3 is 0 Å². The average molecular weight is 312 g/mol. The Balaban J connectivity index is 2.24. The third-order valence-electron chi connectivity index (χ3n) is 3.56. The Hall–Kier alpha value is -1.74. The molecule has 1 fully saturated rings. The normalized spacial score (nSPS) is 27.7. The molecule has 0 aliphatic carbocycles. The highest BCUT2D eigenvalue weighted by Crippen LogP contribution is 2.30. The SMILES string of the molecule is COc1nccc(C[C@@H]2O[C@H](CO)[C@@H](O)[C@H]2O)c1NC(C)=O. The molecule has 8 heteroatoms. The number of nitrogens with zero attached hydrogens (tertiary/aromatic N) is 1. The van der Waals surface area contributed by atoms with E-state index in [0.717, 1.165) is 0 Å². The average Bonchev–Trinajstić information content (AvgIpc) is 2.76. The minimum atomic E-state index is -1.15. The number of pyridine rings is 1. The first-order valence-electron chi connectivity index (χ1n) is 6.89. The van der Waals surface area contributed by atoms with Crippen LogP contribution in [0.2, 0.25) is 0 Å². The van der Waals surface area contributed by atoms with Crippen LogP contribution in [0.4, 0.5) is 5.69 Å². The zero-order valence-electron chi connectivity index (χ0n) is 12.4. The number of amides is 1. The summed E-state index contributed by atoms with van der Waals surface area (Å²) >= 11 is 0. The number of hydrogen-bond donors (Lipinski definition) is 4. The van der Waals surface area contributed by atoms with E-state index in [-0.39, 0.29) is 24.8 Å². The maximum Gasteiger partial charge on any atom is 0.237 e. The van der Waals surface area contributed by atoms with Gasteiger partial charge in [-0.25, -0.2) is 4.98 Å². The van der Waals surface area contributed by atoms with Crippen molar-refractivity contribution >= 4 is 11.6 Å². The molecule has 0 spiro atoms. The molecular weight excluding hydrogens is 292 g/mol. The standard InChI is InChI=1S/C14H20N2O6/c1-7(18)16-11-8(3-4-15-14(11)21-2)5-9-12(19)13(20)10(6-17)22-9/h3-4,9-10,12-13,17,19-20H,5-6H2,1-2H3,(H,16,18)/t9-,10+,12-,13+/m0/s1. The van der Waals surface area contributed by atoms with E-state index in [2.05, 4.69) is 10.3 Å². The highest BCUT2D eigenvalue weighted by molar-refractivity contribution is 5.91. The van der Waals surface area contributed by atoms with Crippen LogP contribution < -0.4 is 10.1 Å². The summed E-state index contributed by atoms with van der Waals surface area (Å²) in [4.78, 5) is 15.4. The summed E-state index contributed by atoms with van der Waals surface area (Å²) in [5.74, 6) is -0.0341. The summed E-state index contributed by atoms with van der Waals surface area (Å²) in [5, 5.41) is 31.5. The predicted molar refractivity (Wildman–Crippen MR) is 76.6 cm³/mol. The van der Waals surface area contributed by atoms with Gasteiger partial charge in [0, 0.05) is 19.5 Å². The van der Waals surface area contributed by atoms with E-state index in [9.17, 15) is 15.0 Å². The van der Waals surface area contributed by atoms with Crippen molar-refractivity contribution in [2.45, 2.75) is 37.8 Å². The van der Waals surface area contributed by atoms with Gasteiger partial charge in [0.2, 0.25) is 11.8 Å². The van der Waals surface area contributed by atoms with Gasteiger partial charge in [0.1, 0.15) is 24.0 Å². The third kappa shape index (κ3) is 3.36. The van der Waals surface area contributed by atoms with Crippen molar-refractivity contribution < 1.29 is 29.6 Å². The molecule has 0 aromatic carbocycles. The lowest BCUT2D eigenvalue weighted by Crippen LogP contribution is -2.34. The number of carbonyl (C=O) groups excluding carboxylic acids is 1. The van der Waals surface area contributed by atoms with Gasteiger partial charge in [0.25, 0.3) is 0 Å². The molecule has 0 saturated carbocycles. The van der Waals surface area contributed by atoms with E-state index >= 15 is 0 Å². The fourth-order valence-electron chi connectivity index (χ4n) is 2.48. The quantitative estimate of drug-likeness (QED) is 0.554. The number of aromatic nitrogens is 1. The van der Waals surface area contributed by atoms with Crippen LogP contribution in [0.15, 0.2) is 12.3 Å². The zero-order chi connectivity index (χ0) is 16.3. The molecule has 1 aromatic heterocycles. The van der Waals surface area contributed by atoms with Crippen molar-refractivity contribution in [1.29, 1.82) is 0 Å². The van der Waals surface area contributed by atoms with E-state index in [1.54, 1.807) is 6.07 Å². The molecule has 4 N–H and O–H groups in total. The minimum Gasteiger partial charge on any atom is -0.480 e. The second kappa shape index (κ2) is 7.01.